The first kappa shape index (κ1) is 20.3. The van der Waals surface area contributed by atoms with Crippen LogP contribution in [-0.2, 0) is 4.74 Å². The lowest BCUT2D eigenvalue weighted by Crippen LogP contribution is -2.41. The first-order valence-corrected chi connectivity index (χ1v) is 10.5. The first-order chi connectivity index (χ1) is 14.5. The van der Waals surface area contributed by atoms with Crippen molar-refractivity contribution in [3.63, 3.8) is 0 Å². The summed E-state index contributed by atoms with van der Waals surface area (Å²) in [5.41, 5.74) is 2.64. The van der Waals surface area contributed by atoms with Gasteiger partial charge in [0.25, 0.3) is 11.8 Å². The van der Waals surface area contributed by atoms with Gasteiger partial charge in [0, 0.05) is 23.5 Å². The predicted octanol–water partition coefficient (Wildman–Crippen LogP) is 4.59. The van der Waals surface area contributed by atoms with Gasteiger partial charge < -0.3 is 15.0 Å². The van der Waals surface area contributed by atoms with E-state index in [4.69, 9.17) is 4.74 Å². The number of halogens is 1. The largest absolute Gasteiger partial charge is 0.378 e. The molecule has 1 saturated heterocycles. The van der Waals surface area contributed by atoms with Crippen LogP contribution in [0.25, 0.3) is 10.4 Å². The summed E-state index contributed by atoms with van der Waals surface area (Å²) in [5.74, 6) is -0.913. The Hall–Kier alpha value is -3.03. The Kier molecular flexibility index (Phi) is 5.92. The Labute approximate surface area is 178 Å². The maximum absolute atomic E-state index is 13.3. The molecule has 2 heterocycles. The van der Waals surface area contributed by atoms with Crippen LogP contribution in [0.1, 0.15) is 26.3 Å². The lowest BCUT2D eigenvalue weighted by molar-refractivity contribution is 0.0303. The van der Waals surface area contributed by atoms with Gasteiger partial charge in [-0.2, -0.15) is 0 Å². The van der Waals surface area contributed by atoms with Crippen LogP contribution in [0, 0.1) is 12.7 Å². The van der Waals surface area contributed by atoms with Crippen molar-refractivity contribution in [1.29, 1.82) is 0 Å². The summed E-state index contributed by atoms with van der Waals surface area (Å²) in [6.45, 7) is 3.93. The molecule has 0 spiro atoms. The second-order valence-corrected chi connectivity index (χ2v) is 8.01. The minimum atomic E-state index is -0.409. The number of nitrogens with zero attached hydrogens (tertiary/aromatic N) is 1. The average molecular weight is 424 g/mol. The van der Waals surface area contributed by atoms with Gasteiger partial charge >= 0.3 is 0 Å². The molecule has 0 radical (unpaired) electrons. The van der Waals surface area contributed by atoms with Crippen LogP contribution in [0.2, 0.25) is 0 Å². The fraction of sp³-hybridized carbons (Fsp3) is 0.217. The molecule has 3 aromatic rings. The van der Waals surface area contributed by atoms with Crippen LogP contribution in [0.4, 0.5) is 9.39 Å². The van der Waals surface area contributed by atoms with Crippen molar-refractivity contribution in [3.8, 4) is 10.4 Å². The lowest BCUT2D eigenvalue weighted by atomic mass is 10.1. The third kappa shape index (κ3) is 4.13. The highest BCUT2D eigenvalue weighted by Gasteiger charge is 2.28. The van der Waals surface area contributed by atoms with E-state index in [0.717, 1.165) is 16.0 Å². The number of benzene rings is 2. The Balaban J connectivity index is 1.72. The summed E-state index contributed by atoms with van der Waals surface area (Å²) in [7, 11) is 0. The van der Waals surface area contributed by atoms with Crippen LogP contribution in [0.5, 0.6) is 0 Å². The van der Waals surface area contributed by atoms with E-state index >= 15 is 0 Å². The molecule has 7 heteroatoms. The molecule has 0 saturated carbocycles. The topological polar surface area (TPSA) is 58.6 Å². The molecule has 1 aliphatic heterocycles. The summed E-state index contributed by atoms with van der Waals surface area (Å²) in [6, 6.07) is 15.1. The maximum atomic E-state index is 13.3. The summed E-state index contributed by atoms with van der Waals surface area (Å²) in [4.78, 5) is 28.8. The van der Waals surface area contributed by atoms with Crippen molar-refractivity contribution in [3.05, 3.63) is 77.1 Å². The monoisotopic (exact) mass is 424 g/mol. The zero-order chi connectivity index (χ0) is 21.1. The number of hydrogen-bond donors (Lipinski definition) is 1. The van der Waals surface area contributed by atoms with Crippen molar-refractivity contribution >= 4 is 28.2 Å². The minimum absolute atomic E-state index is 0.122. The number of morpholine rings is 1. The third-order valence-electron chi connectivity index (χ3n) is 5.03. The highest BCUT2D eigenvalue weighted by atomic mass is 32.1. The van der Waals surface area contributed by atoms with Gasteiger partial charge in [0.05, 0.1) is 18.8 Å². The fourth-order valence-electron chi connectivity index (χ4n) is 3.43. The van der Waals surface area contributed by atoms with E-state index in [1.165, 1.54) is 35.6 Å². The Morgan fingerprint density at radius 2 is 1.70 bits per heavy atom. The van der Waals surface area contributed by atoms with E-state index in [1.54, 1.807) is 4.90 Å². The summed E-state index contributed by atoms with van der Waals surface area (Å²) in [5, 5.41) is 3.37. The Morgan fingerprint density at radius 1 is 1.03 bits per heavy atom. The molecule has 1 aliphatic rings. The second-order valence-electron chi connectivity index (χ2n) is 6.99. The molecule has 1 N–H and O–H groups in total. The standard InChI is InChI=1S/C23H21FN2O3S/c1-15-19(23(28)26-11-13-29-14-12-26)22(30-20(15)16-5-3-2-4-6-16)25-21(27)17-7-9-18(24)10-8-17/h2-10H,11-14H2,1H3,(H,25,27). The highest BCUT2D eigenvalue weighted by molar-refractivity contribution is 7.20. The lowest BCUT2D eigenvalue weighted by Gasteiger charge is -2.27. The minimum Gasteiger partial charge on any atom is -0.378 e. The van der Waals surface area contributed by atoms with Crippen LogP contribution in [0.15, 0.2) is 54.6 Å². The van der Waals surface area contributed by atoms with Crippen LogP contribution in [0.3, 0.4) is 0 Å². The van der Waals surface area contributed by atoms with Gasteiger partial charge in [0.1, 0.15) is 10.8 Å². The molecule has 154 valence electrons. The number of thiophene rings is 1. The average Bonchev–Trinajstić information content (AvgIpc) is 3.10. The molecular formula is C23H21FN2O3S. The van der Waals surface area contributed by atoms with Crippen molar-refractivity contribution in [2.24, 2.45) is 0 Å². The summed E-state index contributed by atoms with van der Waals surface area (Å²) in [6.07, 6.45) is 0. The van der Waals surface area contributed by atoms with E-state index in [9.17, 15) is 14.0 Å². The Bertz CT molecular complexity index is 1060. The van der Waals surface area contributed by atoms with Crippen LogP contribution >= 0.6 is 11.3 Å². The molecule has 4 rings (SSSR count). The predicted molar refractivity (Wildman–Crippen MR) is 116 cm³/mol. The smallest absolute Gasteiger partial charge is 0.257 e. The van der Waals surface area contributed by atoms with Crippen molar-refractivity contribution in [2.75, 3.05) is 31.6 Å². The SMILES string of the molecule is Cc1c(-c2ccccc2)sc(NC(=O)c2ccc(F)cc2)c1C(=O)N1CCOCC1. The van der Waals surface area contributed by atoms with E-state index in [2.05, 4.69) is 5.32 Å². The molecule has 0 aliphatic carbocycles. The van der Waals surface area contributed by atoms with Gasteiger partial charge in [0.2, 0.25) is 0 Å². The third-order valence-corrected chi connectivity index (χ3v) is 6.28. The van der Waals surface area contributed by atoms with Gasteiger partial charge in [0.15, 0.2) is 0 Å². The number of amides is 2. The van der Waals surface area contributed by atoms with E-state index in [-0.39, 0.29) is 11.8 Å². The van der Waals surface area contributed by atoms with E-state index < -0.39 is 5.82 Å². The van der Waals surface area contributed by atoms with Crippen LogP contribution in [-0.4, -0.2) is 43.0 Å². The molecule has 1 aromatic heterocycles. The number of rotatable bonds is 4. The fourth-order valence-corrected chi connectivity index (χ4v) is 4.62. The maximum Gasteiger partial charge on any atom is 0.257 e. The number of carbonyl (C=O) groups excluding carboxylic acids is 2. The number of carbonyl (C=O) groups is 2. The highest BCUT2D eigenvalue weighted by Crippen LogP contribution is 2.40. The number of ether oxygens (including phenoxy) is 1. The molecule has 0 atom stereocenters. The van der Waals surface area contributed by atoms with Gasteiger partial charge in [-0.25, -0.2) is 4.39 Å². The van der Waals surface area contributed by atoms with Gasteiger partial charge in [-0.1, -0.05) is 30.3 Å². The molecule has 5 nitrogen and oxygen atoms in total. The van der Waals surface area contributed by atoms with Crippen molar-refractivity contribution in [1.82, 2.24) is 4.90 Å². The van der Waals surface area contributed by atoms with E-state index in [1.807, 2.05) is 37.3 Å². The molecule has 0 unspecified atom stereocenters. The van der Waals surface area contributed by atoms with Gasteiger partial charge in [-0.3, -0.25) is 9.59 Å². The van der Waals surface area contributed by atoms with Gasteiger partial charge in [-0.05, 0) is 42.3 Å². The second kappa shape index (κ2) is 8.77. The van der Waals surface area contributed by atoms with Crippen LogP contribution < -0.4 is 5.32 Å². The Morgan fingerprint density at radius 3 is 2.37 bits per heavy atom. The summed E-state index contributed by atoms with van der Waals surface area (Å²) < 4.78 is 18.6. The molecular weight excluding hydrogens is 403 g/mol. The van der Waals surface area contributed by atoms with E-state index in [0.29, 0.717) is 42.4 Å². The number of anilines is 1. The first-order valence-electron chi connectivity index (χ1n) is 9.67. The molecule has 0 bridgehead atoms. The normalized spacial score (nSPS) is 13.9. The molecule has 2 amide bonds. The van der Waals surface area contributed by atoms with Crippen molar-refractivity contribution < 1.29 is 18.7 Å². The number of nitrogens with one attached hydrogen (secondary N) is 1. The quantitative estimate of drug-likeness (QED) is 0.667. The molecule has 1 fully saturated rings. The molecule has 2 aromatic carbocycles. The van der Waals surface area contributed by atoms with Crippen molar-refractivity contribution in [2.45, 2.75) is 6.92 Å². The number of hydrogen-bond acceptors (Lipinski definition) is 4. The zero-order valence-corrected chi connectivity index (χ0v) is 17.3. The summed E-state index contributed by atoms with van der Waals surface area (Å²) >= 11 is 1.37. The van der Waals surface area contributed by atoms with Gasteiger partial charge in [-0.15, -0.1) is 11.3 Å². The molecule has 30 heavy (non-hydrogen) atoms. The zero-order valence-electron chi connectivity index (χ0n) is 16.5.